The summed E-state index contributed by atoms with van der Waals surface area (Å²) >= 11 is 0. The SMILES string of the molecule is CC(C)(C)[Si](O[C@H]1CO[C@@H]2[C@@H]1OC[C@@H]2Oc1ccc(-c2nccc(CO)n2)cc1)(c1ccccc1)c1ccccc1. The fourth-order valence-corrected chi connectivity index (χ4v) is 10.7. The molecule has 0 radical (unpaired) electrons. The van der Waals surface area contributed by atoms with Crippen LogP contribution in [-0.4, -0.2) is 61.0 Å². The van der Waals surface area contributed by atoms with E-state index in [9.17, 15) is 5.11 Å². The first-order valence-electron chi connectivity index (χ1n) is 14.1. The number of aromatic nitrogens is 2. The van der Waals surface area contributed by atoms with Gasteiger partial charge < -0.3 is 23.7 Å². The van der Waals surface area contributed by atoms with Crippen molar-refractivity contribution in [3.8, 4) is 17.1 Å². The molecule has 3 heterocycles. The second kappa shape index (κ2) is 11.5. The van der Waals surface area contributed by atoms with E-state index >= 15 is 0 Å². The monoisotopic (exact) mass is 568 g/mol. The molecule has 2 aliphatic heterocycles. The molecule has 0 aliphatic carbocycles. The van der Waals surface area contributed by atoms with E-state index in [1.807, 2.05) is 24.3 Å². The molecule has 7 nitrogen and oxygen atoms in total. The lowest BCUT2D eigenvalue weighted by molar-refractivity contribution is 0.0149. The minimum atomic E-state index is -2.74. The van der Waals surface area contributed by atoms with Crippen LogP contribution in [-0.2, 0) is 20.5 Å². The molecule has 3 aromatic carbocycles. The van der Waals surface area contributed by atoms with Crippen LogP contribution in [0, 0.1) is 0 Å². The molecular weight excluding hydrogens is 532 g/mol. The maximum Gasteiger partial charge on any atom is 0.261 e. The highest BCUT2D eigenvalue weighted by Gasteiger charge is 2.56. The molecule has 2 fully saturated rings. The predicted octanol–water partition coefficient (Wildman–Crippen LogP) is 4.13. The third-order valence-corrected chi connectivity index (χ3v) is 13.0. The maximum absolute atomic E-state index is 9.38. The van der Waals surface area contributed by atoms with E-state index in [1.54, 1.807) is 12.3 Å². The minimum absolute atomic E-state index is 0.123. The molecule has 8 heteroatoms. The van der Waals surface area contributed by atoms with Crippen molar-refractivity contribution in [2.75, 3.05) is 13.2 Å². The summed E-state index contributed by atoms with van der Waals surface area (Å²) in [6.45, 7) is 7.60. The fourth-order valence-electron chi connectivity index (χ4n) is 6.03. The van der Waals surface area contributed by atoms with Crippen LogP contribution < -0.4 is 15.1 Å². The van der Waals surface area contributed by atoms with Gasteiger partial charge in [-0.25, -0.2) is 9.97 Å². The molecule has 0 saturated carbocycles. The highest BCUT2D eigenvalue weighted by Crippen LogP contribution is 2.40. The first kappa shape index (κ1) is 27.8. The predicted molar refractivity (Wildman–Crippen MR) is 160 cm³/mol. The summed E-state index contributed by atoms with van der Waals surface area (Å²) in [4.78, 5) is 8.70. The summed E-state index contributed by atoms with van der Waals surface area (Å²) < 4.78 is 26.4. The highest BCUT2D eigenvalue weighted by molar-refractivity contribution is 6.99. The van der Waals surface area contributed by atoms with Crippen molar-refractivity contribution in [1.29, 1.82) is 0 Å². The molecule has 41 heavy (non-hydrogen) atoms. The van der Waals surface area contributed by atoms with E-state index in [1.165, 1.54) is 10.4 Å². The third-order valence-electron chi connectivity index (χ3n) is 7.98. The average molecular weight is 569 g/mol. The van der Waals surface area contributed by atoms with Gasteiger partial charge in [0.25, 0.3) is 8.32 Å². The van der Waals surface area contributed by atoms with Gasteiger partial charge in [0.15, 0.2) is 11.9 Å². The second-order valence-electron chi connectivity index (χ2n) is 11.6. The number of hydrogen-bond donors (Lipinski definition) is 1. The summed E-state index contributed by atoms with van der Waals surface area (Å²) in [7, 11) is -2.74. The largest absolute Gasteiger partial charge is 0.485 e. The van der Waals surface area contributed by atoms with Crippen molar-refractivity contribution in [3.05, 3.63) is 103 Å². The van der Waals surface area contributed by atoms with Crippen LogP contribution in [0.1, 0.15) is 26.5 Å². The van der Waals surface area contributed by atoms with Crippen LogP contribution in [0.4, 0.5) is 0 Å². The van der Waals surface area contributed by atoms with Gasteiger partial charge in [-0.15, -0.1) is 0 Å². The summed E-state index contributed by atoms with van der Waals surface area (Å²) in [6, 6.07) is 30.7. The van der Waals surface area contributed by atoms with E-state index in [0.717, 1.165) is 11.3 Å². The molecule has 4 aromatic rings. The van der Waals surface area contributed by atoms with E-state index in [2.05, 4.69) is 91.4 Å². The molecule has 1 N–H and O–H groups in total. The smallest absolute Gasteiger partial charge is 0.261 e. The Hall–Kier alpha value is -3.40. The van der Waals surface area contributed by atoms with Crippen LogP contribution in [0.25, 0.3) is 11.4 Å². The van der Waals surface area contributed by atoms with Crippen molar-refractivity contribution in [2.45, 2.75) is 56.8 Å². The normalized spacial score (nSPS) is 22.4. The van der Waals surface area contributed by atoms with Crippen molar-refractivity contribution in [2.24, 2.45) is 0 Å². The van der Waals surface area contributed by atoms with Crippen LogP contribution >= 0.6 is 0 Å². The molecule has 1 aromatic heterocycles. The Kier molecular flexibility index (Phi) is 7.76. The Morgan fingerprint density at radius 2 is 1.39 bits per heavy atom. The van der Waals surface area contributed by atoms with Crippen molar-refractivity contribution < 1.29 is 23.7 Å². The number of rotatable bonds is 8. The van der Waals surface area contributed by atoms with Gasteiger partial charge in [-0.05, 0) is 45.7 Å². The van der Waals surface area contributed by atoms with Crippen molar-refractivity contribution >= 4 is 18.7 Å². The van der Waals surface area contributed by atoms with E-state index in [0.29, 0.717) is 24.7 Å². The third kappa shape index (κ3) is 5.34. The topological polar surface area (TPSA) is 82.9 Å². The summed E-state index contributed by atoms with van der Waals surface area (Å²) in [5.74, 6) is 1.29. The van der Waals surface area contributed by atoms with Gasteiger partial charge in [-0.3, -0.25) is 0 Å². The Balaban J connectivity index is 1.21. The zero-order valence-corrected chi connectivity index (χ0v) is 24.6. The Bertz CT molecular complexity index is 1410. The Morgan fingerprint density at radius 1 is 0.805 bits per heavy atom. The summed E-state index contributed by atoms with van der Waals surface area (Å²) in [5.41, 5.74) is 1.43. The summed E-state index contributed by atoms with van der Waals surface area (Å²) in [6.07, 6.45) is 0.764. The number of aliphatic hydroxyl groups excluding tert-OH is 1. The first-order valence-corrected chi connectivity index (χ1v) is 16.0. The first-order chi connectivity index (χ1) is 19.9. The van der Waals surface area contributed by atoms with Gasteiger partial charge in [0.2, 0.25) is 0 Å². The highest BCUT2D eigenvalue weighted by atomic mass is 28.4. The van der Waals surface area contributed by atoms with E-state index in [-0.39, 0.29) is 36.1 Å². The second-order valence-corrected chi connectivity index (χ2v) is 15.9. The van der Waals surface area contributed by atoms with Gasteiger partial charge in [0, 0.05) is 11.8 Å². The molecule has 0 bridgehead atoms. The van der Waals surface area contributed by atoms with E-state index < -0.39 is 8.32 Å². The number of fused-ring (bicyclic) bond motifs is 1. The number of nitrogens with zero attached hydrogens (tertiary/aromatic N) is 2. The lowest BCUT2D eigenvalue weighted by Gasteiger charge is -2.45. The molecule has 212 valence electrons. The minimum Gasteiger partial charge on any atom is -0.485 e. The Morgan fingerprint density at radius 3 is 1.98 bits per heavy atom. The molecular formula is C33H36N2O5Si. The number of aliphatic hydroxyl groups is 1. The van der Waals surface area contributed by atoms with Crippen molar-refractivity contribution in [3.63, 3.8) is 0 Å². The van der Waals surface area contributed by atoms with Gasteiger partial charge in [-0.2, -0.15) is 0 Å². The lowest BCUT2D eigenvalue weighted by atomic mass is 10.1. The molecule has 2 aliphatic rings. The number of benzene rings is 3. The van der Waals surface area contributed by atoms with Gasteiger partial charge in [-0.1, -0.05) is 81.4 Å². The fraction of sp³-hybridized carbons (Fsp3) is 0.333. The molecule has 2 saturated heterocycles. The van der Waals surface area contributed by atoms with Crippen LogP contribution in [0.15, 0.2) is 97.2 Å². The standard InChI is InChI=1S/C33H36N2O5Si/c1-33(2,3)41(26-10-6-4-7-11-26,27-12-8-5-9-13-27)40-29-22-38-30-28(21-37-31(29)30)39-25-16-14-23(15-17-25)32-34-19-18-24(20-36)35-32/h4-19,28-31,36H,20-22H2,1-3H3/t28-,29-,30-,31+/m0/s1. The van der Waals surface area contributed by atoms with Gasteiger partial charge in [0.05, 0.1) is 31.6 Å². The van der Waals surface area contributed by atoms with Crippen LogP contribution in [0.2, 0.25) is 5.04 Å². The van der Waals surface area contributed by atoms with Crippen LogP contribution in [0.3, 0.4) is 0 Å². The zero-order chi connectivity index (χ0) is 28.5. The average Bonchev–Trinajstić information content (AvgIpc) is 3.59. The maximum atomic E-state index is 9.38. The van der Waals surface area contributed by atoms with Crippen LogP contribution in [0.5, 0.6) is 5.75 Å². The van der Waals surface area contributed by atoms with Gasteiger partial charge >= 0.3 is 0 Å². The molecule has 0 unspecified atom stereocenters. The number of ether oxygens (including phenoxy) is 3. The lowest BCUT2D eigenvalue weighted by Crippen LogP contribution is -2.68. The molecule has 6 rings (SSSR count). The molecule has 0 amide bonds. The van der Waals surface area contributed by atoms with E-state index in [4.69, 9.17) is 18.6 Å². The molecule has 4 atom stereocenters. The summed E-state index contributed by atoms with van der Waals surface area (Å²) in [5, 5.41) is 11.7. The zero-order valence-electron chi connectivity index (χ0n) is 23.6. The Labute approximate surface area is 242 Å². The number of hydrogen-bond acceptors (Lipinski definition) is 7. The quantitative estimate of drug-likeness (QED) is 0.320. The molecule has 0 spiro atoms. The van der Waals surface area contributed by atoms with Gasteiger partial charge in [0.1, 0.15) is 18.0 Å². The van der Waals surface area contributed by atoms with Crippen molar-refractivity contribution in [1.82, 2.24) is 9.97 Å².